The minimum absolute atomic E-state index is 0.119. The highest BCUT2D eigenvalue weighted by Gasteiger charge is 2.31. The molecule has 0 unspecified atom stereocenters. The lowest BCUT2D eigenvalue weighted by atomic mass is 9.95. The van der Waals surface area contributed by atoms with Crippen molar-refractivity contribution in [3.63, 3.8) is 0 Å². The van der Waals surface area contributed by atoms with Gasteiger partial charge in [0.1, 0.15) is 23.0 Å². The Morgan fingerprint density at radius 1 is 1.07 bits per heavy atom. The number of nitrogen functional groups attached to an aromatic ring is 1. The first-order chi connectivity index (χ1) is 19.7. The normalized spacial score (nSPS) is 14.8. The zero-order chi connectivity index (χ0) is 29.0. The van der Waals surface area contributed by atoms with Gasteiger partial charge in [0.15, 0.2) is 0 Å². The lowest BCUT2D eigenvalue weighted by Crippen LogP contribution is -2.43. The van der Waals surface area contributed by atoms with Crippen molar-refractivity contribution in [3.8, 4) is 22.6 Å². The van der Waals surface area contributed by atoms with Crippen molar-refractivity contribution < 1.29 is 18.4 Å². The number of anilines is 1. The van der Waals surface area contributed by atoms with E-state index in [1.54, 1.807) is 48.5 Å². The summed E-state index contributed by atoms with van der Waals surface area (Å²) in [7, 11) is 0. The maximum absolute atomic E-state index is 14.1. The largest absolute Gasteiger partial charge is 0.459 e. The van der Waals surface area contributed by atoms with Crippen molar-refractivity contribution in [1.29, 1.82) is 0 Å². The first-order valence-electron chi connectivity index (χ1n) is 13.5. The van der Waals surface area contributed by atoms with Crippen LogP contribution in [0.4, 0.5) is 10.2 Å². The number of carbonyl (C=O) groups excluding carboxylic acids is 2. The average Bonchev–Trinajstić information content (AvgIpc) is 3.44. The lowest BCUT2D eigenvalue weighted by Gasteiger charge is -2.34. The molecule has 0 bridgehead atoms. The fourth-order valence-corrected chi connectivity index (χ4v) is 4.69. The molecule has 0 atom stereocenters. The Morgan fingerprint density at radius 3 is 2.56 bits per heavy atom. The Kier molecular flexibility index (Phi) is 7.96. The van der Waals surface area contributed by atoms with Crippen molar-refractivity contribution in [2.75, 3.05) is 18.8 Å². The van der Waals surface area contributed by atoms with Gasteiger partial charge in [0.05, 0.1) is 17.8 Å². The molecular formula is C32H32FN5O3. The van der Waals surface area contributed by atoms with Crippen molar-refractivity contribution in [3.05, 3.63) is 95.5 Å². The summed E-state index contributed by atoms with van der Waals surface area (Å²) in [5.74, 6) is 1.38. The molecule has 5 rings (SSSR count). The van der Waals surface area contributed by atoms with Gasteiger partial charge < -0.3 is 20.4 Å². The fraction of sp³-hybridized carbons (Fsp3) is 0.250. The van der Waals surface area contributed by atoms with E-state index in [0.717, 1.165) is 27.9 Å². The quantitative estimate of drug-likeness (QED) is 0.289. The highest BCUT2D eigenvalue weighted by atomic mass is 19.1. The van der Waals surface area contributed by atoms with Gasteiger partial charge in [-0.2, -0.15) is 0 Å². The van der Waals surface area contributed by atoms with Crippen LogP contribution in [0.3, 0.4) is 0 Å². The molecule has 8 nitrogen and oxygen atoms in total. The summed E-state index contributed by atoms with van der Waals surface area (Å²) >= 11 is 0. The van der Waals surface area contributed by atoms with Crippen LogP contribution in [0, 0.1) is 6.92 Å². The van der Waals surface area contributed by atoms with E-state index < -0.39 is 5.67 Å². The van der Waals surface area contributed by atoms with E-state index >= 15 is 0 Å². The van der Waals surface area contributed by atoms with Crippen LogP contribution in [-0.4, -0.2) is 45.4 Å². The maximum Gasteiger partial charge on any atom is 0.255 e. The maximum atomic E-state index is 14.1. The van der Waals surface area contributed by atoms with E-state index in [-0.39, 0.29) is 18.4 Å². The number of furan rings is 1. The number of amides is 2. The molecule has 9 heteroatoms. The predicted octanol–water partition coefficient (Wildman–Crippen LogP) is 5.59. The smallest absolute Gasteiger partial charge is 0.255 e. The summed E-state index contributed by atoms with van der Waals surface area (Å²) in [5.41, 5.74) is 9.23. The number of likely N-dealkylation sites (tertiary alicyclic amines) is 1. The van der Waals surface area contributed by atoms with Gasteiger partial charge in [0.25, 0.3) is 5.91 Å². The van der Waals surface area contributed by atoms with Gasteiger partial charge in [0, 0.05) is 42.7 Å². The molecule has 3 aromatic heterocycles. The van der Waals surface area contributed by atoms with E-state index in [1.807, 2.05) is 43.3 Å². The van der Waals surface area contributed by atoms with Crippen molar-refractivity contribution >= 4 is 23.7 Å². The van der Waals surface area contributed by atoms with Crippen LogP contribution < -0.4 is 11.1 Å². The number of rotatable bonds is 7. The van der Waals surface area contributed by atoms with Gasteiger partial charge in [-0.25, -0.2) is 9.37 Å². The summed E-state index contributed by atoms with van der Waals surface area (Å²) in [6, 6.07) is 16.7. The third kappa shape index (κ3) is 6.87. The van der Waals surface area contributed by atoms with Crippen molar-refractivity contribution in [2.24, 2.45) is 0 Å². The van der Waals surface area contributed by atoms with Gasteiger partial charge >= 0.3 is 0 Å². The van der Waals surface area contributed by atoms with Crippen LogP contribution in [0.1, 0.15) is 47.0 Å². The number of carbonyl (C=O) groups is 2. The minimum Gasteiger partial charge on any atom is -0.459 e. The second-order valence-electron chi connectivity index (χ2n) is 10.5. The number of nitrogens with two attached hydrogens (primary N) is 1. The zero-order valence-corrected chi connectivity index (χ0v) is 23.1. The number of hydrogen-bond acceptors (Lipinski definition) is 6. The Morgan fingerprint density at radius 2 is 1.88 bits per heavy atom. The zero-order valence-electron chi connectivity index (χ0n) is 23.1. The van der Waals surface area contributed by atoms with Crippen LogP contribution in [0.25, 0.3) is 28.7 Å². The molecule has 0 radical (unpaired) electrons. The SMILES string of the molecule is Cc1cc(-c2ccc(C(=O)N3CCC(C)(F)CC3)cn2)ccc1-c1ccc(CNC(=O)/C=C/c2ccc(N)nc2)o1. The third-order valence-corrected chi connectivity index (χ3v) is 7.23. The number of benzene rings is 1. The van der Waals surface area contributed by atoms with Crippen LogP contribution >= 0.6 is 0 Å². The molecule has 1 fully saturated rings. The summed E-state index contributed by atoms with van der Waals surface area (Å²) in [6.45, 7) is 4.65. The van der Waals surface area contributed by atoms with Crippen LogP contribution in [0.2, 0.25) is 0 Å². The van der Waals surface area contributed by atoms with Gasteiger partial charge in [-0.15, -0.1) is 0 Å². The van der Waals surface area contributed by atoms with E-state index in [9.17, 15) is 14.0 Å². The highest BCUT2D eigenvalue weighted by molar-refractivity contribution is 5.94. The van der Waals surface area contributed by atoms with Crippen molar-refractivity contribution in [2.45, 2.75) is 38.9 Å². The summed E-state index contributed by atoms with van der Waals surface area (Å²) in [4.78, 5) is 35.2. The molecule has 210 valence electrons. The number of nitrogens with one attached hydrogen (secondary N) is 1. The van der Waals surface area contributed by atoms with Crippen LogP contribution in [0.15, 0.2) is 77.5 Å². The Labute approximate surface area is 238 Å². The topological polar surface area (TPSA) is 114 Å². The molecule has 1 aromatic carbocycles. The second-order valence-corrected chi connectivity index (χ2v) is 10.5. The molecule has 0 aliphatic carbocycles. The van der Waals surface area contributed by atoms with Gasteiger partial charge in [-0.1, -0.05) is 12.1 Å². The fourth-order valence-electron chi connectivity index (χ4n) is 4.69. The second kappa shape index (κ2) is 11.8. The van der Waals surface area contributed by atoms with E-state index in [1.165, 1.54) is 6.08 Å². The molecule has 4 heterocycles. The molecule has 4 aromatic rings. The number of aromatic nitrogens is 2. The van der Waals surface area contributed by atoms with Crippen LogP contribution in [0.5, 0.6) is 0 Å². The standard InChI is InChI=1S/C32H32FN5O3/c1-21-17-23(27-9-6-24(19-35-27)31(40)38-15-13-32(2,33)14-16-38)5-8-26(21)28-10-7-25(41-28)20-37-30(39)12-4-22-3-11-29(34)36-18-22/h3-12,17-19H,13-16,20H2,1-2H3,(H2,34,36)(H,37,39)/b12-4+. The average molecular weight is 554 g/mol. The Hall–Kier alpha value is -4.79. The van der Waals surface area contributed by atoms with E-state index in [2.05, 4.69) is 15.3 Å². The van der Waals surface area contributed by atoms with Gasteiger partial charge in [-0.3, -0.25) is 14.6 Å². The van der Waals surface area contributed by atoms with E-state index in [4.69, 9.17) is 10.2 Å². The Balaban J connectivity index is 1.19. The van der Waals surface area contributed by atoms with Crippen LogP contribution in [-0.2, 0) is 11.3 Å². The number of alkyl halides is 1. The van der Waals surface area contributed by atoms with Gasteiger partial charge in [-0.05, 0) is 86.4 Å². The monoisotopic (exact) mass is 553 g/mol. The molecule has 3 N–H and O–H groups in total. The molecule has 2 amide bonds. The molecule has 1 aliphatic rings. The number of pyridine rings is 2. The molecule has 1 saturated heterocycles. The minimum atomic E-state index is -1.20. The lowest BCUT2D eigenvalue weighted by molar-refractivity contribution is -0.116. The molecular weight excluding hydrogens is 521 g/mol. The number of aryl methyl sites for hydroxylation is 1. The van der Waals surface area contributed by atoms with Gasteiger partial charge in [0.2, 0.25) is 5.91 Å². The highest BCUT2D eigenvalue weighted by Crippen LogP contribution is 2.30. The molecule has 0 saturated carbocycles. The summed E-state index contributed by atoms with van der Waals surface area (Å²) in [5, 5.41) is 2.81. The number of halogens is 1. The molecule has 0 spiro atoms. The third-order valence-electron chi connectivity index (χ3n) is 7.23. The van der Waals surface area contributed by atoms with E-state index in [0.29, 0.717) is 48.8 Å². The molecule has 1 aliphatic heterocycles. The number of nitrogens with zero attached hydrogens (tertiary/aromatic N) is 3. The summed E-state index contributed by atoms with van der Waals surface area (Å²) in [6.07, 6.45) is 6.98. The Bertz CT molecular complexity index is 1570. The van der Waals surface area contributed by atoms with Crippen molar-refractivity contribution in [1.82, 2.24) is 20.2 Å². The first kappa shape index (κ1) is 27.8. The number of hydrogen-bond donors (Lipinski definition) is 2. The first-order valence-corrected chi connectivity index (χ1v) is 13.5. The predicted molar refractivity (Wildman–Crippen MR) is 156 cm³/mol. The molecule has 41 heavy (non-hydrogen) atoms. The number of piperidine rings is 1. The summed E-state index contributed by atoms with van der Waals surface area (Å²) < 4.78 is 20.1.